The van der Waals surface area contributed by atoms with Crippen LogP contribution in [0.4, 0.5) is 10.1 Å². The number of hydrogen-bond acceptors (Lipinski definition) is 1. The predicted octanol–water partition coefficient (Wildman–Crippen LogP) is 2.96. The lowest BCUT2D eigenvalue weighted by atomic mass is 10.2. The zero-order valence-corrected chi connectivity index (χ0v) is 7.52. The molecule has 1 N–H and O–H groups in total. The number of rotatable bonds is 3. The normalized spacial score (nSPS) is 9.92. The van der Waals surface area contributed by atoms with Crippen LogP contribution in [0.1, 0.15) is 18.9 Å². The smallest absolute Gasteiger partial charge is 0.126 e. The Morgan fingerprint density at radius 1 is 1.42 bits per heavy atom. The van der Waals surface area contributed by atoms with Crippen molar-refractivity contribution in [2.75, 3.05) is 11.9 Å². The maximum absolute atomic E-state index is 12.8. The largest absolute Gasteiger partial charge is 0.385 e. The Balaban J connectivity index is 2.69. The van der Waals surface area contributed by atoms with Crippen molar-refractivity contribution in [1.82, 2.24) is 0 Å². The van der Waals surface area contributed by atoms with Gasteiger partial charge in [0.1, 0.15) is 5.82 Å². The van der Waals surface area contributed by atoms with Crippen molar-refractivity contribution < 1.29 is 4.39 Å². The maximum Gasteiger partial charge on any atom is 0.126 e. The van der Waals surface area contributed by atoms with E-state index in [1.807, 2.05) is 6.07 Å². The molecule has 1 nitrogen and oxygen atoms in total. The highest BCUT2D eigenvalue weighted by Gasteiger charge is 1.96. The molecule has 66 valence electrons. The molecular formula is C10H14FN. The fourth-order valence-corrected chi connectivity index (χ4v) is 1.02. The minimum Gasteiger partial charge on any atom is -0.385 e. The number of anilines is 1. The van der Waals surface area contributed by atoms with Crippen LogP contribution in [0.5, 0.6) is 0 Å². The van der Waals surface area contributed by atoms with E-state index in [9.17, 15) is 4.39 Å². The van der Waals surface area contributed by atoms with Crippen molar-refractivity contribution >= 4 is 5.69 Å². The Morgan fingerprint density at radius 2 is 2.17 bits per heavy atom. The van der Waals surface area contributed by atoms with Crippen molar-refractivity contribution in [2.45, 2.75) is 20.3 Å². The van der Waals surface area contributed by atoms with Gasteiger partial charge < -0.3 is 5.32 Å². The summed E-state index contributed by atoms with van der Waals surface area (Å²) >= 11 is 0. The van der Waals surface area contributed by atoms with E-state index in [2.05, 4.69) is 12.2 Å². The Labute approximate surface area is 72.6 Å². The highest BCUT2D eigenvalue weighted by molar-refractivity contribution is 5.45. The summed E-state index contributed by atoms with van der Waals surface area (Å²) in [6, 6.07) is 5.08. The lowest BCUT2D eigenvalue weighted by Crippen LogP contribution is -1.99. The second kappa shape index (κ2) is 4.10. The van der Waals surface area contributed by atoms with Crippen molar-refractivity contribution in [3.8, 4) is 0 Å². The number of aryl methyl sites for hydroxylation is 1. The zero-order valence-electron chi connectivity index (χ0n) is 7.52. The molecule has 0 fully saturated rings. The van der Waals surface area contributed by atoms with Crippen molar-refractivity contribution in [2.24, 2.45) is 0 Å². The molecule has 1 rings (SSSR count). The molecule has 0 saturated carbocycles. The predicted molar refractivity (Wildman–Crippen MR) is 49.9 cm³/mol. The van der Waals surface area contributed by atoms with Gasteiger partial charge in [-0.15, -0.1) is 0 Å². The molecule has 0 aliphatic heterocycles. The maximum atomic E-state index is 12.8. The average Bonchev–Trinajstić information content (AvgIpc) is 2.07. The molecular weight excluding hydrogens is 153 g/mol. The highest BCUT2D eigenvalue weighted by Crippen LogP contribution is 2.13. The topological polar surface area (TPSA) is 12.0 Å². The van der Waals surface area contributed by atoms with Crippen molar-refractivity contribution in [1.29, 1.82) is 0 Å². The van der Waals surface area contributed by atoms with Gasteiger partial charge in [-0.05, 0) is 37.1 Å². The minimum atomic E-state index is -0.142. The molecule has 2 heteroatoms. The Hall–Kier alpha value is -1.05. The van der Waals surface area contributed by atoms with Crippen molar-refractivity contribution in [3.63, 3.8) is 0 Å². The summed E-state index contributed by atoms with van der Waals surface area (Å²) in [5.41, 5.74) is 1.69. The van der Waals surface area contributed by atoms with Gasteiger partial charge in [0.05, 0.1) is 0 Å². The standard InChI is InChI=1S/C10H14FN/c1-3-6-12-9-4-5-10(11)8(2)7-9/h4-5,7,12H,3,6H2,1-2H3. The van der Waals surface area contributed by atoms with E-state index in [1.165, 1.54) is 6.07 Å². The third-order valence-electron chi connectivity index (χ3n) is 1.74. The molecule has 0 heterocycles. The molecule has 0 aliphatic rings. The number of hydrogen-bond donors (Lipinski definition) is 1. The molecule has 12 heavy (non-hydrogen) atoms. The molecule has 1 aromatic rings. The summed E-state index contributed by atoms with van der Waals surface area (Å²) in [4.78, 5) is 0. The molecule has 0 atom stereocenters. The third kappa shape index (κ3) is 2.22. The first-order chi connectivity index (χ1) is 5.74. The Kier molecular flexibility index (Phi) is 3.09. The van der Waals surface area contributed by atoms with E-state index < -0.39 is 0 Å². The van der Waals surface area contributed by atoms with E-state index in [0.29, 0.717) is 5.56 Å². The number of nitrogens with one attached hydrogen (secondary N) is 1. The molecule has 0 bridgehead atoms. The number of halogens is 1. The molecule has 1 aromatic carbocycles. The van der Waals surface area contributed by atoms with E-state index in [4.69, 9.17) is 0 Å². The van der Waals surface area contributed by atoms with Gasteiger partial charge in [-0.25, -0.2) is 4.39 Å². The summed E-state index contributed by atoms with van der Waals surface area (Å²) in [6.07, 6.45) is 1.08. The lowest BCUT2D eigenvalue weighted by Gasteiger charge is -2.05. The van der Waals surface area contributed by atoms with Crippen LogP contribution in [0.25, 0.3) is 0 Å². The molecule has 0 unspecified atom stereocenters. The van der Waals surface area contributed by atoms with E-state index in [1.54, 1.807) is 13.0 Å². The molecule has 0 aliphatic carbocycles. The van der Waals surface area contributed by atoms with Crippen LogP contribution in [0, 0.1) is 12.7 Å². The van der Waals surface area contributed by atoms with Crippen LogP contribution in [-0.2, 0) is 0 Å². The van der Waals surface area contributed by atoms with Crippen LogP contribution < -0.4 is 5.32 Å². The third-order valence-corrected chi connectivity index (χ3v) is 1.74. The van der Waals surface area contributed by atoms with E-state index in [0.717, 1.165) is 18.7 Å². The summed E-state index contributed by atoms with van der Waals surface area (Å²) in [5.74, 6) is -0.142. The van der Waals surface area contributed by atoms with Crippen LogP contribution in [0.2, 0.25) is 0 Å². The van der Waals surface area contributed by atoms with Crippen molar-refractivity contribution in [3.05, 3.63) is 29.6 Å². The minimum absolute atomic E-state index is 0.142. The Bertz CT molecular complexity index is 258. The van der Waals surface area contributed by atoms with Gasteiger partial charge in [-0.1, -0.05) is 6.92 Å². The van der Waals surface area contributed by atoms with Crippen LogP contribution in [-0.4, -0.2) is 6.54 Å². The molecule has 0 aromatic heterocycles. The first-order valence-corrected chi connectivity index (χ1v) is 4.24. The van der Waals surface area contributed by atoms with E-state index in [-0.39, 0.29) is 5.82 Å². The van der Waals surface area contributed by atoms with Gasteiger partial charge in [0.2, 0.25) is 0 Å². The lowest BCUT2D eigenvalue weighted by molar-refractivity contribution is 0.618. The summed E-state index contributed by atoms with van der Waals surface area (Å²) in [5, 5.41) is 3.20. The van der Waals surface area contributed by atoms with Crippen LogP contribution in [0.3, 0.4) is 0 Å². The second-order valence-electron chi connectivity index (χ2n) is 2.89. The fourth-order valence-electron chi connectivity index (χ4n) is 1.02. The van der Waals surface area contributed by atoms with Crippen LogP contribution >= 0.6 is 0 Å². The second-order valence-corrected chi connectivity index (χ2v) is 2.89. The van der Waals surface area contributed by atoms with Gasteiger partial charge in [-0.2, -0.15) is 0 Å². The molecule has 0 radical (unpaired) electrons. The van der Waals surface area contributed by atoms with Gasteiger partial charge >= 0.3 is 0 Å². The van der Waals surface area contributed by atoms with Crippen LogP contribution in [0.15, 0.2) is 18.2 Å². The first kappa shape index (κ1) is 9.04. The summed E-state index contributed by atoms with van der Waals surface area (Å²) < 4.78 is 12.8. The quantitative estimate of drug-likeness (QED) is 0.729. The fraction of sp³-hybridized carbons (Fsp3) is 0.400. The molecule has 0 saturated heterocycles. The summed E-state index contributed by atoms with van der Waals surface area (Å²) in [7, 11) is 0. The Morgan fingerprint density at radius 3 is 2.75 bits per heavy atom. The molecule has 0 spiro atoms. The summed E-state index contributed by atoms with van der Waals surface area (Å²) in [6.45, 7) is 4.81. The zero-order chi connectivity index (χ0) is 8.97. The van der Waals surface area contributed by atoms with Gasteiger partial charge in [0, 0.05) is 12.2 Å². The average molecular weight is 167 g/mol. The monoisotopic (exact) mass is 167 g/mol. The number of benzene rings is 1. The van der Waals surface area contributed by atoms with Gasteiger partial charge in [0.25, 0.3) is 0 Å². The molecule has 0 amide bonds. The van der Waals surface area contributed by atoms with Gasteiger partial charge in [0.15, 0.2) is 0 Å². The SMILES string of the molecule is CCCNc1ccc(F)c(C)c1. The van der Waals surface area contributed by atoms with Gasteiger partial charge in [-0.3, -0.25) is 0 Å². The highest BCUT2D eigenvalue weighted by atomic mass is 19.1. The van der Waals surface area contributed by atoms with E-state index >= 15 is 0 Å². The first-order valence-electron chi connectivity index (χ1n) is 4.24.